The number of para-hydroxylation sites is 1. The Morgan fingerprint density at radius 1 is 0.409 bits per heavy atom. The molecule has 10 rings (SSSR count). The lowest BCUT2D eigenvalue weighted by atomic mass is 9.94. The van der Waals surface area contributed by atoms with E-state index >= 15 is 0 Å². The molecule has 0 fully saturated rings. The number of carbonyl (C=O) groups excluding carboxylic acids is 10. The number of carbonyl (C=O) groups is 8. The number of nitrogen functional groups attached to an aromatic ring is 1. The van der Waals surface area contributed by atoms with E-state index in [0.29, 0.717) is 50.9 Å². The number of Topliss-reactive ketones (excluding diaryl/α,β-unsaturated/α-hetero) is 4. The molecule has 0 saturated carbocycles. The van der Waals surface area contributed by atoms with Gasteiger partial charge in [0, 0.05) is 86.4 Å². The quantitative estimate of drug-likeness (QED) is 0.00698. The molecule has 8 N–H and O–H groups in total. The van der Waals surface area contributed by atoms with Gasteiger partial charge in [-0.2, -0.15) is 9.59 Å². The second-order valence-corrected chi connectivity index (χ2v) is 36.4. The van der Waals surface area contributed by atoms with Gasteiger partial charge in [-0.05, 0) is 360 Å². The number of hydrogen-bond donors (Lipinski definition) is 6. The molecule has 137 heavy (non-hydrogen) atoms. The minimum atomic E-state index is -0.540. The average Bonchev–Trinajstić information content (AvgIpc) is 0.852. The maximum absolute atomic E-state index is 12.7. The molecule has 0 aliphatic heterocycles. The summed E-state index contributed by atoms with van der Waals surface area (Å²) in [5.41, 5.74) is 32.7. The van der Waals surface area contributed by atoms with E-state index in [-0.39, 0.29) is 87.2 Å². The number of ketones is 4. The van der Waals surface area contributed by atoms with Crippen LogP contribution in [0, 0.1) is 101 Å². The van der Waals surface area contributed by atoms with Gasteiger partial charge in [-0.3, -0.25) is 24.0 Å². The van der Waals surface area contributed by atoms with Gasteiger partial charge in [0.05, 0.1) is 19.7 Å². The van der Waals surface area contributed by atoms with Crippen LogP contribution in [0.15, 0.2) is 218 Å². The second-order valence-electron chi connectivity index (χ2n) is 33.9. The van der Waals surface area contributed by atoms with Gasteiger partial charge in [0.25, 0.3) is 0 Å². The van der Waals surface area contributed by atoms with Gasteiger partial charge in [0.2, 0.25) is 0 Å². The van der Waals surface area contributed by atoms with Crippen LogP contribution in [0.4, 0.5) is 20.1 Å². The number of nitrogens with one attached hydrogen (secondary N) is 3. The van der Waals surface area contributed by atoms with E-state index in [9.17, 15) is 38.4 Å². The molecule has 20 nitrogen and oxygen atoms in total. The molecule has 0 aliphatic rings. The molecule has 10 aromatic carbocycles. The number of esters is 1. The van der Waals surface area contributed by atoms with E-state index in [4.69, 9.17) is 46.8 Å². The summed E-state index contributed by atoms with van der Waals surface area (Å²) in [6.45, 7) is 43.9. The van der Waals surface area contributed by atoms with Gasteiger partial charge in [0.15, 0.2) is 23.1 Å². The van der Waals surface area contributed by atoms with E-state index in [0.717, 1.165) is 118 Å². The van der Waals surface area contributed by atoms with Crippen molar-refractivity contribution in [2.75, 3.05) is 45.1 Å². The Morgan fingerprint density at radius 2 is 0.701 bits per heavy atom. The first-order chi connectivity index (χ1) is 63.2. The van der Waals surface area contributed by atoms with E-state index in [1.54, 1.807) is 67.5 Å². The number of benzene rings is 10. The standard InChI is InChI=1S/C24H31NO3.C24H27NO3.C19H23NO.C16H15IO.C8H13NO2.C8H11N.C6H5I.C4H8O2.C2H6O.CO2.CH4.2ClH/c2*1-17-9-6-10-18(2)21(17)16-22(26)20-13-7-11-19(15-20)12-8-14-25-23(27)28-24(3,4)5;1-14-6-3-7-15(2)18(14)13-19(21)17-10-4-8-16(12-17)9-5-11-20;1-11-5-3-6-12(2)15(11)10-16(18)13-7-4-8-14(17)9-13;1-5-6-9-7(10)11-8(2,3)4;1-6-4-3-5-7(2)8(6)9;7-6-4-2-1-3-5-6;1-3-6-4(2)5;1-2-3;2-1-3;;;/h6-7,9-11,13,15H,8,12,14,16H2,1-5H3,(H,25,27);6-7,9-11,13,15H,14,16H2,1-5H3,(H,25,27);3-4,6-8,10,12H,5,9,11,13,20H2,1-2H3;3-9H,10H2,1-2H3;1H,6H2,2-4H3,(H,9,10);3-5H,9H2,1-2H3;1-5H;3H2,1-2H3;3H,2H2,1H3;;1H4;2*1H. The molecule has 0 aliphatic carbocycles. The summed E-state index contributed by atoms with van der Waals surface area (Å²) in [7, 11) is 0. The molecule has 10 aromatic rings. The van der Waals surface area contributed by atoms with Crippen LogP contribution in [0.5, 0.6) is 0 Å². The van der Waals surface area contributed by atoms with Crippen molar-refractivity contribution < 1.29 is 72.0 Å². The first-order valence-corrected chi connectivity index (χ1v) is 46.5. The number of halogens is 4. The Balaban J connectivity index is -0.00000154. The Morgan fingerprint density at radius 3 is 0.993 bits per heavy atom. The number of ether oxygens (including phenoxy) is 4. The first-order valence-electron chi connectivity index (χ1n) is 44.3. The SMILES string of the molecule is C.C#CCNC(=O)OC(C)(C)C.CCO.CCOC(C)=O.Cc1cccc(C)c1CC(=O)c1cccc(C#CCNC(=O)OC(C)(C)C)c1.Cc1cccc(C)c1CC(=O)c1cccc(CCCN)c1.Cc1cccc(C)c1CC(=O)c1cccc(CCCNC(=O)OC(C)(C)C)c1.Cc1cccc(C)c1CC(=O)c1cccc(I)c1.Cc1cccc(C)c1N.Cl.Cl.Ic1ccccc1.O=C=O. The smallest absolute Gasteiger partial charge is 0.408 e. The summed E-state index contributed by atoms with van der Waals surface area (Å²) in [5.74, 6) is 8.48. The summed E-state index contributed by atoms with van der Waals surface area (Å²) in [6, 6.07) is 71.5. The summed E-state index contributed by atoms with van der Waals surface area (Å²) >= 11 is 4.51. The number of nitrogens with two attached hydrogens (primary N) is 2. The van der Waals surface area contributed by atoms with Crippen LogP contribution in [0.25, 0.3) is 0 Å². The predicted octanol–water partition coefficient (Wildman–Crippen LogP) is 24.5. The number of anilines is 1. The average molecular weight is 2140 g/mol. The number of alkyl carbamates (subject to hydrolysis) is 3. The maximum Gasteiger partial charge on any atom is 0.408 e. The van der Waals surface area contributed by atoms with Crippen LogP contribution in [0.3, 0.4) is 0 Å². The second kappa shape index (κ2) is 71.0. The monoisotopic (exact) mass is 2140 g/mol. The van der Waals surface area contributed by atoms with Crippen LogP contribution in [-0.4, -0.2) is 115 Å². The van der Waals surface area contributed by atoms with Gasteiger partial charge in [-0.25, -0.2) is 14.4 Å². The fourth-order valence-electron chi connectivity index (χ4n) is 12.4. The molecule has 0 bridgehead atoms. The van der Waals surface area contributed by atoms with Crippen LogP contribution >= 0.6 is 70.0 Å². The minimum Gasteiger partial charge on any atom is -0.466 e. The Hall–Kier alpha value is -11.6. The van der Waals surface area contributed by atoms with Crippen molar-refractivity contribution >= 4 is 129 Å². The molecule has 3 amide bonds. The zero-order valence-electron chi connectivity index (χ0n) is 83.2. The summed E-state index contributed by atoms with van der Waals surface area (Å²) in [5, 5.41) is 15.3. The molecular weight excluding hydrogens is 1990 g/mol. The van der Waals surface area contributed by atoms with Crippen molar-refractivity contribution in [1.29, 1.82) is 0 Å². The van der Waals surface area contributed by atoms with Crippen LogP contribution < -0.4 is 27.4 Å². The molecule has 24 heteroatoms. The van der Waals surface area contributed by atoms with Crippen LogP contribution in [-0.2, 0) is 71.9 Å². The third kappa shape index (κ3) is 58.6. The number of aliphatic hydroxyl groups excluding tert-OH is 1. The molecule has 0 atom stereocenters. The number of amides is 3. The molecule has 0 radical (unpaired) electrons. The molecule has 0 spiro atoms. The summed E-state index contributed by atoms with van der Waals surface area (Å²) < 4.78 is 22.1. The van der Waals surface area contributed by atoms with Crippen molar-refractivity contribution in [2.24, 2.45) is 5.73 Å². The highest BCUT2D eigenvalue weighted by atomic mass is 127. The number of rotatable bonds is 22. The van der Waals surface area contributed by atoms with E-state index in [1.165, 1.54) is 38.3 Å². The summed E-state index contributed by atoms with van der Waals surface area (Å²) in [6.07, 6.45) is 9.00. The number of terminal acetylenes is 1. The fourth-order valence-corrected chi connectivity index (χ4v) is 13.3. The van der Waals surface area contributed by atoms with E-state index in [2.05, 4.69) is 154 Å². The highest BCUT2D eigenvalue weighted by Gasteiger charge is 2.20. The van der Waals surface area contributed by atoms with Crippen molar-refractivity contribution in [2.45, 2.75) is 228 Å². The lowest BCUT2D eigenvalue weighted by molar-refractivity contribution is -0.191. The zero-order chi connectivity index (χ0) is 101. The highest BCUT2D eigenvalue weighted by molar-refractivity contribution is 14.1. The van der Waals surface area contributed by atoms with Gasteiger partial charge in [-0.15, -0.1) is 31.2 Å². The third-order valence-corrected chi connectivity index (χ3v) is 20.4. The zero-order valence-corrected chi connectivity index (χ0v) is 89.1. The predicted molar refractivity (Wildman–Crippen MR) is 579 cm³/mol. The Bertz CT molecular complexity index is 5420. The van der Waals surface area contributed by atoms with Crippen molar-refractivity contribution in [1.82, 2.24) is 16.0 Å². The number of hydrogen-bond acceptors (Lipinski definition) is 17. The van der Waals surface area contributed by atoms with Gasteiger partial charge < -0.3 is 51.5 Å². The van der Waals surface area contributed by atoms with E-state index in [1.807, 2.05) is 226 Å². The van der Waals surface area contributed by atoms with Gasteiger partial charge in [0.1, 0.15) is 16.8 Å². The Kier molecular flexibility index (Phi) is 67.1. The lowest BCUT2D eigenvalue weighted by Gasteiger charge is -2.19. The van der Waals surface area contributed by atoms with Crippen LogP contribution in [0.2, 0.25) is 0 Å². The first kappa shape index (κ1) is 130. The molecule has 0 saturated heterocycles. The lowest BCUT2D eigenvalue weighted by Crippen LogP contribution is -2.33. The van der Waals surface area contributed by atoms with Crippen molar-refractivity contribution in [3.63, 3.8) is 0 Å². The Labute approximate surface area is 855 Å². The molecule has 0 aromatic heterocycles. The molecular formula is C113H145Cl2I2N5O15. The van der Waals surface area contributed by atoms with Crippen molar-refractivity contribution in [3.05, 3.63) is 342 Å². The largest absolute Gasteiger partial charge is 0.466 e. The number of aliphatic hydroxyl groups is 1. The molecule has 0 heterocycles. The minimum absolute atomic E-state index is 0. The summed E-state index contributed by atoms with van der Waals surface area (Å²) in [4.78, 5) is 110. The normalized spacial score (nSPS) is 9.85. The van der Waals surface area contributed by atoms with Gasteiger partial charge in [-0.1, -0.05) is 195 Å². The van der Waals surface area contributed by atoms with Crippen molar-refractivity contribution in [3.8, 4) is 24.2 Å². The molecule has 0 unspecified atom stereocenters. The topological polar surface area (TPSA) is 316 Å². The maximum atomic E-state index is 12.7. The van der Waals surface area contributed by atoms with E-state index < -0.39 is 35.1 Å². The third-order valence-electron chi connectivity index (χ3n) is 19.0. The fraction of sp³-hybridized carbons (Fsp3) is 0.354. The number of aryl methyl sites for hydroxylation is 12. The van der Waals surface area contributed by atoms with Crippen LogP contribution in [0.1, 0.15) is 239 Å². The van der Waals surface area contributed by atoms with Gasteiger partial charge >= 0.3 is 30.4 Å². The molecule has 740 valence electrons. The highest BCUT2D eigenvalue weighted by Crippen LogP contribution is 2.24.